The number of hydrogen-bond donors (Lipinski definition) is 0. The number of fused-ring (bicyclic) bond motifs is 1. The molecule has 0 aromatic heterocycles. The van der Waals surface area contributed by atoms with Crippen LogP contribution in [0.5, 0.6) is 0 Å². The standard InChI is InChI=1S/C13H10N2O2/c16-12-10-6-14-7-11(10)13(17)15(12)8-9-4-2-1-3-5-9/h1-7,10H,8H2. The summed E-state index contributed by atoms with van der Waals surface area (Å²) in [6.45, 7) is 0.334. The number of hydrogen-bond acceptors (Lipinski definition) is 3. The van der Waals surface area contributed by atoms with Gasteiger partial charge in [-0.25, -0.2) is 0 Å². The van der Waals surface area contributed by atoms with E-state index >= 15 is 0 Å². The average molecular weight is 226 g/mol. The van der Waals surface area contributed by atoms with E-state index in [-0.39, 0.29) is 11.8 Å². The maximum atomic E-state index is 12.0. The van der Waals surface area contributed by atoms with Gasteiger partial charge in [-0.15, -0.1) is 0 Å². The van der Waals surface area contributed by atoms with Gasteiger partial charge in [0.25, 0.3) is 5.91 Å². The highest BCUT2D eigenvalue weighted by Crippen LogP contribution is 2.28. The second-order valence-corrected chi connectivity index (χ2v) is 4.08. The second kappa shape index (κ2) is 3.66. The van der Waals surface area contributed by atoms with Gasteiger partial charge >= 0.3 is 0 Å². The summed E-state index contributed by atoms with van der Waals surface area (Å²) in [5.74, 6) is -0.848. The number of carbonyl (C=O) groups is 2. The molecule has 4 heteroatoms. The molecule has 0 aliphatic carbocycles. The number of rotatable bonds is 2. The average Bonchev–Trinajstić information content (AvgIpc) is 2.91. The third-order valence-corrected chi connectivity index (χ3v) is 2.99. The Morgan fingerprint density at radius 2 is 1.94 bits per heavy atom. The predicted octanol–water partition coefficient (Wildman–Crippen LogP) is 1.14. The van der Waals surface area contributed by atoms with Gasteiger partial charge in [0, 0.05) is 12.4 Å². The first-order valence-electron chi connectivity index (χ1n) is 5.40. The molecule has 2 heterocycles. The van der Waals surface area contributed by atoms with Crippen molar-refractivity contribution in [2.45, 2.75) is 6.54 Å². The Morgan fingerprint density at radius 1 is 1.18 bits per heavy atom. The molecule has 1 saturated heterocycles. The summed E-state index contributed by atoms with van der Waals surface area (Å²) in [6, 6.07) is 9.49. The Kier molecular flexibility index (Phi) is 2.14. The van der Waals surface area contributed by atoms with Gasteiger partial charge < -0.3 is 0 Å². The first-order chi connectivity index (χ1) is 8.27. The van der Waals surface area contributed by atoms with E-state index in [9.17, 15) is 9.59 Å². The van der Waals surface area contributed by atoms with Crippen LogP contribution in [-0.2, 0) is 16.1 Å². The summed E-state index contributed by atoms with van der Waals surface area (Å²) in [4.78, 5) is 29.1. The monoisotopic (exact) mass is 226 g/mol. The Labute approximate surface area is 98.3 Å². The summed E-state index contributed by atoms with van der Waals surface area (Å²) in [6.07, 6.45) is 3.01. The fraction of sp³-hybridized carbons (Fsp3) is 0.154. The molecule has 1 fully saturated rings. The zero-order chi connectivity index (χ0) is 11.8. The molecule has 3 rings (SSSR count). The van der Waals surface area contributed by atoms with Crippen LogP contribution in [0, 0.1) is 5.92 Å². The number of aliphatic imine (C=N–C) groups is 1. The van der Waals surface area contributed by atoms with Gasteiger partial charge in [0.05, 0.1) is 12.1 Å². The summed E-state index contributed by atoms with van der Waals surface area (Å²) in [7, 11) is 0. The molecule has 1 atom stereocenters. The van der Waals surface area contributed by atoms with Crippen LogP contribution in [0.1, 0.15) is 5.56 Å². The molecule has 0 saturated carbocycles. The topological polar surface area (TPSA) is 49.7 Å². The minimum Gasteiger partial charge on any atom is -0.273 e. The summed E-state index contributed by atoms with van der Waals surface area (Å²) in [5.41, 5.74) is 1.44. The van der Waals surface area contributed by atoms with Crippen molar-refractivity contribution >= 4 is 18.0 Å². The molecule has 84 valence electrons. The molecule has 1 aromatic rings. The molecular formula is C13H10N2O2. The van der Waals surface area contributed by atoms with E-state index in [0.717, 1.165) is 5.56 Å². The molecule has 1 aromatic carbocycles. The van der Waals surface area contributed by atoms with Gasteiger partial charge in [-0.3, -0.25) is 19.5 Å². The number of nitrogens with zero attached hydrogens (tertiary/aromatic N) is 2. The molecule has 2 aliphatic heterocycles. The summed E-state index contributed by atoms with van der Waals surface area (Å²) >= 11 is 0. The van der Waals surface area contributed by atoms with E-state index in [1.807, 2.05) is 30.3 Å². The van der Waals surface area contributed by atoms with E-state index in [4.69, 9.17) is 0 Å². The predicted molar refractivity (Wildman–Crippen MR) is 62.1 cm³/mol. The minimum atomic E-state index is -0.453. The third-order valence-electron chi connectivity index (χ3n) is 2.99. The van der Waals surface area contributed by atoms with Gasteiger partial charge in [-0.2, -0.15) is 0 Å². The van der Waals surface area contributed by atoms with Crippen molar-refractivity contribution in [2.24, 2.45) is 10.9 Å². The van der Waals surface area contributed by atoms with Crippen LogP contribution in [0.2, 0.25) is 0 Å². The van der Waals surface area contributed by atoms with Gasteiger partial charge in [0.2, 0.25) is 5.91 Å². The van der Waals surface area contributed by atoms with Crippen LogP contribution in [0.3, 0.4) is 0 Å². The second-order valence-electron chi connectivity index (χ2n) is 4.08. The van der Waals surface area contributed by atoms with E-state index in [1.54, 1.807) is 0 Å². The molecule has 4 nitrogen and oxygen atoms in total. The molecule has 0 bridgehead atoms. The Bertz CT molecular complexity index is 546. The molecule has 0 N–H and O–H groups in total. The van der Waals surface area contributed by atoms with Gasteiger partial charge in [0.1, 0.15) is 5.92 Å². The first-order valence-corrected chi connectivity index (χ1v) is 5.40. The number of carbonyl (C=O) groups excluding carboxylic acids is 2. The lowest BCUT2D eigenvalue weighted by Gasteiger charge is -2.13. The highest BCUT2D eigenvalue weighted by Gasteiger charge is 2.43. The fourth-order valence-corrected chi connectivity index (χ4v) is 2.09. The van der Waals surface area contributed by atoms with Gasteiger partial charge in [-0.05, 0) is 5.56 Å². The van der Waals surface area contributed by atoms with Gasteiger partial charge in [-0.1, -0.05) is 30.3 Å². The van der Waals surface area contributed by atoms with Crippen LogP contribution in [0.4, 0.5) is 0 Å². The normalized spacial score (nSPS) is 22.0. The first kappa shape index (κ1) is 9.96. The van der Waals surface area contributed by atoms with Crippen molar-refractivity contribution in [3.8, 4) is 0 Å². The van der Waals surface area contributed by atoms with E-state index < -0.39 is 5.92 Å². The molecule has 2 aliphatic rings. The van der Waals surface area contributed by atoms with Crippen molar-refractivity contribution in [2.75, 3.05) is 0 Å². The summed E-state index contributed by atoms with van der Waals surface area (Å²) < 4.78 is 0. The molecule has 2 amide bonds. The van der Waals surface area contributed by atoms with Gasteiger partial charge in [0.15, 0.2) is 0 Å². The lowest BCUT2D eigenvalue weighted by atomic mass is 10.1. The minimum absolute atomic E-state index is 0.175. The third kappa shape index (κ3) is 1.49. The highest BCUT2D eigenvalue weighted by atomic mass is 16.2. The van der Waals surface area contributed by atoms with Crippen molar-refractivity contribution in [3.05, 3.63) is 47.7 Å². The van der Waals surface area contributed by atoms with Crippen molar-refractivity contribution in [1.29, 1.82) is 0 Å². The lowest BCUT2D eigenvalue weighted by molar-refractivity contribution is -0.138. The lowest BCUT2D eigenvalue weighted by Crippen LogP contribution is -2.30. The van der Waals surface area contributed by atoms with Crippen LogP contribution >= 0.6 is 0 Å². The Morgan fingerprint density at radius 3 is 2.65 bits per heavy atom. The summed E-state index contributed by atoms with van der Waals surface area (Å²) in [5, 5.41) is 0. The molecule has 1 unspecified atom stereocenters. The zero-order valence-electron chi connectivity index (χ0n) is 9.04. The van der Waals surface area contributed by atoms with Crippen molar-refractivity contribution in [3.63, 3.8) is 0 Å². The SMILES string of the molecule is O=C1C2=CN=CC2C(=O)N1Cc1ccccc1. The van der Waals surface area contributed by atoms with Crippen molar-refractivity contribution in [1.82, 2.24) is 4.90 Å². The maximum absolute atomic E-state index is 12.0. The highest BCUT2D eigenvalue weighted by molar-refractivity contribution is 6.21. The molecule has 17 heavy (non-hydrogen) atoms. The van der Waals surface area contributed by atoms with Crippen LogP contribution in [0.25, 0.3) is 0 Å². The zero-order valence-corrected chi connectivity index (χ0v) is 9.04. The molecule has 0 spiro atoms. The van der Waals surface area contributed by atoms with Crippen molar-refractivity contribution < 1.29 is 9.59 Å². The van der Waals surface area contributed by atoms with E-state index in [2.05, 4.69) is 4.99 Å². The quantitative estimate of drug-likeness (QED) is 0.710. The van der Waals surface area contributed by atoms with Crippen LogP contribution in [-0.4, -0.2) is 22.9 Å². The number of imide groups is 1. The smallest absolute Gasteiger partial charge is 0.259 e. The molecule has 0 radical (unpaired) electrons. The maximum Gasteiger partial charge on any atom is 0.259 e. The van der Waals surface area contributed by atoms with Crippen LogP contribution < -0.4 is 0 Å². The number of benzene rings is 1. The Hall–Kier alpha value is -2.23. The number of amides is 2. The van der Waals surface area contributed by atoms with E-state index in [0.29, 0.717) is 12.1 Å². The largest absolute Gasteiger partial charge is 0.273 e. The van der Waals surface area contributed by atoms with E-state index in [1.165, 1.54) is 17.3 Å². The van der Waals surface area contributed by atoms with Crippen LogP contribution in [0.15, 0.2) is 47.1 Å². The Balaban J connectivity index is 1.86. The fourth-order valence-electron chi connectivity index (χ4n) is 2.09. The number of likely N-dealkylation sites (tertiary alicyclic amines) is 1. The molecular weight excluding hydrogens is 216 g/mol.